The van der Waals surface area contributed by atoms with E-state index in [1.165, 1.54) is 65.3 Å². The quantitative estimate of drug-likeness (QED) is 0.626. The molecule has 3 rings (SSSR count). The van der Waals surface area contributed by atoms with E-state index in [4.69, 9.17) is 0 Å². The predicted molar refractivity (Wildman–Crippen MR) is 91.0 cm³/mol. The second-order valence-electron chi connectivity index (χ2n) is 5.69. The first-order valence-corrected chi connectivity index (χ1v) is 9.27. The first kappa shape index (κ1) is 17.4. The van der Waals surface area contributed by atoms with Gasteiger partial charge in [0.1, 0.15) is 0 Å². The second-order valence-corrected chi connectivity index (χ2v) is 7.11. The molecule has 1 unspecified atom stereocenters. The molecule has 0 heterocycles. The zero-order valence-electron chi connectivity index (χ0n) is 13.8. The molecular formula is C21H23Y. The van der Waals surface area contributed by atoms with Crippen molar-refractivity contribution in [3.63, 3.8) is 0 Å². The van der Waals surface area contributed by atoms with Crippen LogP contribution in [0.25, 0.3) is 0 Å². The fourth-order valence-corrected chi connectivity index (χ4v) is 3.52. The molecule has 0 bridgehead atoms. The second kappa shape index (κ2) is 8.07. The number of fused-ring (bicyclic) bond motifs is 1. The van der Waals surface area contributed by atoms with E-state index in [2.05, 4.69) is 77.1 Å². The van der Waals surface area contributed by atoms with E-state index < -0.39 is 0 Å². The topological polar surface area (TPSA) is 0 Å². The summed E-state index contributed by atoms with van der Waals surface area (Å²) in [7, 11) is 0. The van der Waals surface area contributed by atoms with E-state index in [0.29, 0.717) is 0 Å². The van der Waals surface area contributed by atoms with Crippen molar-refractivity contribution in [3.8, 4) is 2.59 Å². The Balaban J connectivity index is 0.000000545. The van der Waals surface area contributed by atoms with Gasteiger partial charge in [0, 0.05) is 5.41 Å². The third-order valence-corrected chi connectivity index (χ3v) is 4.62. The zero-order chi connectivity index (χ0) is 16.0. The summed E-state index contributed by atoms with van der Waals surface area (Å²) in [6.07, 6.45) is 4.64. The summed E-state index contributed by atoms with van der Waals surface area (Å²) in [6.45, 7) is 6.36. The number of rotatable bonds is 2. The van der Waals surface area contributed by atoms with Crippen LogP contribution in [0.1, 0.15) is 43.9 Å². The molecule has 0 radical (unpaired) electrons. The molecule has 0 spiro atoms. The van der Waals surface area contributed by atoms with Crippen molar-refractivity contribution in [3.05, 3.63) is 82.9 Å². The molecule has 0 saturated heterocycles. The first-order chi connectivity index (χ1) is 10.7. The van der Waals surface area contributed by atoms with Gasteiger partial charge in [-0.1, -0.05) is 66.2 Å². The van der Waals surface area contributed by atoms with Crippen LogP contribution in [0.15, 0.2) is 66.2 Å². The van der Waals surface area contributed by atoms with Crippen LogP contribution in [0.4, 0.5) is 0 Å². The van der Waals surface area contributed by atoms with Crippen molar-refractivity contribution >= 4 is 0 Å². The first-order valence-electron chi connectivity index (χ1n) is 7.85. The molecular weight excluding hydrogens is 341 g/mol. The van der Waals surface area contributed by atoms with Gasteiger partial charge < -0.3 is 0 Å². The molecule has 22 heavy (non-hydrogen) atoms. The molecule has 1 aliphatic carbocycles. The predicted octanol–water partition coefficient (Wildman–Crippen LogP) is 5.40. The van der Waals surface area contributed by atoms with Gasteiger partial charge >= 0.3 is 39.7 Å². The van der Waals surface area contributed by atoms with Crippen molar-refractivity contribution < 1.29 is 30.2 Å². The van der Waals surface area contributed by atoms with E-state index in [1.807, 2.05) is 6.92 Å². The average Bonchev–Trinajstić information content (AvgIpc) is 2.96. The summed E-state index contributed by atoms with van der Waals surface area (Å²) < 4.78 is 2.88. The van der Waals surface area contributed by atoms with Crippen molar-refractivity contribution in [2.75, 3.05) is 0 Å². The molecule has 110 valence electrons. The van der Waals surface area contributed by atoms with Gasteiger partial charge in [0.25, 0.3) is 0 Å². The molecule has 0 N–H and O–H groups in total. The van der Waals surface area contributed by atoms with Gasteiger partial charge in [0.15, 0.2) is 0 Å². The van der Waals surface area contributed by atoms with Crippen LogP contribution in [0.3, 0.4) is 0 Å². The van der Waals surface area contributed by atoms with Crippen LogP contribution < -0.4 is 0 Å². The molecule has 0 amide bonds. The molecule has 2 aromatic rings. The number of aryl methyl sites for hydroxylation is 1. The Bertz CT molecular complexity index is 691. The molecule has 0 nitrogen and oxygen atoms in total. The fraction of sp³-hybridized carbons (Fsp3) is 0.286. The monoisotopic (exact) mass is 364 g/mol. The number of hydrogen-bond donors (Lipinski definition) is 0. The van der Waals surface area contributed by atoms with Crippen molar-refractivity contribution in [2.24, 2.45) is 0 Å². The van der Waals surface area contributed by atoms with E-state index in [-0.39, 0.29) is 5.41 Å². The molecule has 1 aliphatic rings. The standard InChI is InChI=1S/C19H20.C2H3.Y/c1-3-15(2)19(17-10-5-4-6-11-17)14-13-16-9-7-8-12-18(16)19;1-2;/h3-12H,13-14H2,1-2H3;1H3;/b15-3+;;. The summed E-state index contributed by atoms with van der Waals surface area (Å²) in [5.41, 5.74) is 5.98. The molecule has 2 aromatic carbocycles. The molecule has 1 heteroatoms. The van der Waals surface area contributed by atoms with Crippen LogP contribution in [0.5, 0.6) is 0 Å². The number of benzene rings is 2. The number of hydrogen-bond acceptors (Lipinski definition) is 0. The minimum atomic E-state index is 0.0899. The molecule has 0 aliphatic heterocycles. The Kier molecular flexibility index (Phi) is 6.39. The SMILES string of the molecule is C/C=C(\C)C1(c2ccccc2)CCc2ccccc21.C[C]#[Y]. The normalized spacial score (nSPS) is 19.8. The van der Waals surface area contributed by atoms with E-state index in [0.717, 1.165) is 0 Å². The maximum absolute atomic E-state index is 2.88. The summed E-state index contributed by atoms with van der Waals surface area (Å²) in [5, 5.41) is 0. The average molecular weight is 364 g/mol. The minimum absolute atomic E-state index is 0.0899. The van der Waals surface area contributed by atoms with Gasteiger partial charge in [0.2, 0.25) is 0 Å². The Morgan fingerprint density at radius 1 is 1.09 bits per heavy atom. The summed E-state index contributed by atoms with van der Waals surface area (Å²) >= 11 is 1.17. The van der Waals surface area contributed by atoms with Crippen molar-refractivity contribution in [1.82, 2.24) is 0 Å². The Labute approximate surface area is 154 Å². The number of allylic oxidation sites excluding steroid dienone is 2. The molecule has 1 atom stereocenters. The van der Waals surface area contributed by atoms with E-state index >= 15 is 0 Å². The van der Waals surface area contributed by atoms with Crippen molar-refractivity contribution in [1.29, 1.82) is 0 Å². The van der Waals surface area contributed by atoms with Gasteiger partial charge in [0.05, 0.1) is 0 Å². The Morgan fingerprint density at radius 3 is 2.32 bits per heavy atom. The summed E-state index contributed by atoms with van der Waals surface area (Å²) in [6, 6.07) is 19.9. The van der Waals surface area contributed by atoms with Gasteiger partial charge in [-0.2, -0.15) is 0 Å². The van der Waals surface area contributed by atoms with Gasteiger partial charge in [-0.15, -0.1) is 0 Å². The maximum atomic E-state index is 2.88. The molecule has 0 fully saturated rings. The van der Waals surface area contributed by atoms with Crippen LogP contribution in [0.2, 0.25) is 0 Å². The van der Waals surface area contributed by atoms with Crippen LogP contribution in [-0.2, 0) is 42.1 Å². The Hall–Kier alpha value is -0.936. The Morgan fingerprint density at radius 2 is 1.68 bits per heavy atom. The molecule has 0 aromatic heterocycles. The third kappa shape index (κ3) is 3.20. The van der Waals surface area contributed by atoms with Crippen molar-refractivity contribution in [2.45, 2.75) is 39.0 Å². The van der Waals surface area contributed by atoms with Crippen LogP contribution >= 0.6 is 0 Å². The fourth-order valence-electron chi connectivity index (χ4n) is 3.52. The summed E-state index contributed by atoms with van der Waals surface area (Å²) in [4.78, 5) is 0. The molecule has 0 saturated carbocycles. The van der Waals surface area contributed by atoms with Gasteiger partial charge in [-0.05, 0) is 43.4 Å². The van der Waals surface area contributed by atoms with Gasteiger partial charge in [-0.3, -0.25) is 0 Å². The summed E-state index contributed by atoms with van der Waals surface area (Å²) in [5.74, 6) is 0. The third-order valence-electron chi connectivity index (χ3n) is 4.62. The zero-order valence-corrected chi connectivity index (χ0v) is 16.6. The van der Waals surface area contributed by atoms with E-state index in [9.17, 15) is 0 Å². The van der Waals surface area contributed by atoms with Gasteiger partial charge in [-0.25, -0.2) is 0 Å². The van der Waals surface area contributed by atoms with E-state index in [1.54, 1.807) is 0 Å². The van der Waals surface area contributed by atoms with Crippen LogP contribution in [-0.4, -0.2) is 0 Å². The van der Waals surface area contributed by atoms with Crippen LogP contribution in [0, 0.1) is 2.59 Å².